The van der Waals surface area contributed by atoms with Gasteiger partial charge in [0.2, 0.25) is 11.8 Å². The summed E-state index contributed by atoms with van der Waals surface area (Å²) < 4.78 is 9.99. The van der Waals surface area contributed by atoms with Gasteiger partial charge in [-0.2, -0.15) is 0 Å². The van der Waals surface area contributed by atoms with Crippen molar-refractivity contribution < 1.29 is 28.7 Å². The van der Waals surface area contributed by atoms with Gasteiger partial charge in [-0.15, -0.1) is 0 Å². The van der Waals surface area contributed by atoms with E-state index in [4.69, 9.17) is 9.47 Å². The van der Waals surface area contributed by atoms with Crippen molar-refractivity contribution in [3.05, 3.63) is 35.9 Å². The smallest absolute Gasteiger partial charge is 0.329 e. The molecule has 3 rings (SSSR count). The molecule has 0 aromatic heterocycles. The first kappa shape index (κ1) is 22.0. The highest BCUT2D eigenvalue weighted by Crippen LogP contribution is 2.36. The fourth-order valence-electron chi connectivity index (χ4n) is 4.21. The fraction of sp³-hybridized carbons (Fsp3) is 0.545. The van der Waals surface area contributed by atoms with E-state index in [9.17, 15) is 19.2 Å². The fourth-order valence-corrected chi connectivity index (χ4v) is 4.21. The Labute approximate surface area is 176 Å². The van der Waals surface area contributed by atoms with Crippen molar-refractivity contribution in [2.75, 3.05) is 26.3 Å². The standard InChI is InChI=1S/C22H28N2O6/c1-3-29-19(25)11-10-18(22(28)30-4-2)24-20(26)16-13-23(14-17(16)21(24)27)12-15-8-6-5-7-9-15/h5-9,16-18H,3-4,10-14H2,1-2H3/t16?,17?,18-/m0/s1. The van der Waals surface area contributed by atoms with Gasteiger partial charge in [0.1, 0.15) is 6.04 Å². The van der Waals surface area contributed by atoms with Gasteiger partial charge in [0.25, 0.3) is 0 Å². The maximum Gasteiger partial charge on any atom is 0.329 e. The molecular weight excluding hydrogens is 388 g/mol. The monoisotopic (exact) mass is 416 g/mol. The maximum absolute atomic E-state index is 13.1. The number of rotatable bonds is 9. The zero-order valence-corrected chi connectivity index (χ0v) is 17.4. The molecule has 2 aliphatic heterocycles. The molecule has 8 heteroatoms. The molecule has 0 saturated carbocycles. The lowest BCUT2D eigenvalue weighted by Gasteiger charge is -2.26. The lowest BCUT2D eigenvalue weighted by molar-refractivity contribution is -0.160. The van der Waals surface area contributed by atoms with E-state index in [-0.39, 0.29) is 37.9 Å². The molecule has 2 heterocycles. The van der Waals surface area contributed by atoms with Crippen molar-refractivity contribution in [2.24, 2.45) is 11.8 Å². The third kappa shape index (κ3) is 4.70. The van der Waals surface area contributed by atoms with Crippen molar-refractivity contribution in [1.29, 1.82) is 0 Å². The minimum Gasteiger partial charge on any atom is -0.466 e. The van der Waals surface area contributed by atoms with Gasteiger partial charge in [0, 0.05) is 26.1 Å². The number of carbonyl (C=O) groups is 4. The maximum atomic E-state index is 13.1. The van der Waals surface area contributed by atoms with Gasteiger partial charge in [0.05, 0.1) is 25.0 Å². The lowest BCUT2D eigenvalue weighted by Crippen LogP contribution is -2.48. The Morgan fingerprint density at radius 3 is 2.17 bits per heavy atom. The molecule has 2 fully saturated rings. The van der Waals surface area contributed by atoms with Crippen molar-refractivity contribution >= 4 is 23.8 Å². The van der Waals surface area contributed by atoms with Gasteiger partial charge in [-0.1, -0.05) is 30.3 Å². The van der Waals surface area contributed by atoms with Gasteiger partial charge in [-0.05, 0) is 25.8 Å². The molecule has 2 amide bonds. The highest BCUT2D eigenvalue weighted by atomic mass is 16.5. The number of amides is 2. The van der Waals surface area contributed by atoms with E-state index in [1.54, 1.807) is 13.8 Å². The van der Waals surface area contributed by atoms with E-state index in [0.29, 0.717) is 19.6 Å². The number of fused-ring (bicyclic) bond motifs is 1. The van der Waals surface area contributed by atoms with E-state index < -0.39 is 29.8 Å². The molecule has 8 nitrogen and oxygen atoms in total. The summed E-state index contributed by atoms with van der Waals surface area (Å²) in [5.41, 5.74) is 1.12. The first-order valence-electron chi connectivity index (χ1n) is 10.4. The second kappa shape index (κ2) is 9.84. The average molecular weight is 416 g/mol. The second-order valence-corrected chi connectivity index (χ2v) is 7.55. The summed E-state index contributed by atoms with van der Waals surface area (Å²) in [5, 5.41) is 0. The third-order valence-electron chi connectivity index (χ3n) is 5.55. The molecule has 0 N–H and O–H groups in total. The molecular formula is C22H28N2O6. The van der Waals surface area contributed by atoms with Crippen LogP contribution in [0.4, 0.5) is 0 Å². The van der Waals surface area contributed by atoms with E-state index in [2.05, 4.69) is 4.90 Å². The number of imide groups is 1. The molecule has 0 radical (unpaired) electrons. The molecule has 0 spiro atoms. The Morgan fingerprint density at radius 1 is 1.00 bits per heavy atom. The van der Waals surface area contributed by atoms with Crippen molar-refractivity contribution in [3.63, 3.8) is 0 Å². The normalized spacial score (nSPS) is 22.1. The Bertz CT molecular complexity index is 772. The van der Waals surface area contributed by atoms with Crippen LogP contribution < -0.4 is 0 Å². The van der Waals surface area contributed by atoms with Crippen LogP contribution in [-0.4, -0.2) is 65.9 Å². The Kier molecular flexibility index (Phi) is 7.20. The van der Waals surface area contributed by atoms with Crippen LogP contribution in [0.15, 0.2) is 30.3 Å². The number of carbonyl (C=O) groups excluding carboxylic acids is 4. The molecule has 2 aliphatic rings. The topological polar surface area (TPSA) is 93.2 Å². The second-order valence-electron chi connectivity index (χ2n) is 7.55. The van der Waals surface area contributed by atoms with Crippen molar-refractivity contribution in [3.8, 4) is 0 Å². The predicted molar refractivity (Wildman–Crippen MR) is 107 cm³/mol. The molecule has 162 valence electrons. The Hall–Kier alpha value is -2.74. The molecule has 1 aromatic rings. The van der Waals surface area contributed by atoms with Gasteiger partial charge in [0.15, 0.2) is 0 Å². The van der Waals surface area contributed by atoms with Crippen LogP contribution in [-0.2, 0) is 35.2 Å². The van der Waals surface area contributed by atoms with E-state index in [1.165, 1.54) is 0 Å². The predicted octanol–water partition coefficient (Wildman–Crippen LogP) is 1.38. The number of benzene rings is 1. The molecule has 1 aromatic carbocycles. The average Bonchev–Trinajstić information content (AvgIpc) is 3.23. The number of nitrogens with zero attached hydrogens (tertiary/aromatic N) is 2. The summed E-state index contributed by atoms with van der Waals surface area (Å²) in [5.74, 6) is -2.80. The number of hydrogen-bond acceptors (Lipinski definition) is 7. The van der Waals surface area contributed by atoms with E-state index in [1.807, 2.05) is 30.3 Å². The highest BCUT2D eigenvalue weighted by Gasteiger charge is 2.55. The van der Waals surface area contributed by atoms with Gasteiger partial charge in [-0.3, -0.25) is 24.2 Å². The van der Waals surface area contributed by atoms with Crippen LogP contribution in [0.25, 0.3) is 0 Å². The summed E-state index contributed by atoms with van der Waals surface area (Å²) in [7, 11) is 0. The van der Waals surface area contributed by atoms with E-state index in [0.717, 1.165) is 10.5 Å². The van der Waals surface area contributed by atoms with Gasteiger partial charge >= 0.3 is 11.9 Å². The minimum atomic E-state index is -1.09. The van der Waals surface area contributed by atoms with Gasteiger partial charge < -0.3 is 9.47 Å². The molecule has 0 aliphatic carbocycles. The lowest BCUT2D eigenvalue weighted by atomic mass is 10.00. The summed E-state index contributed by atoms with van der Waals surface area (Å²) in [4.78, 5) is 53.5. The zero-order chi connectivity index (χ0) is 21.7. The third-order valence-corrected chi connectivity index (χ3v) is 5.55. The SMILES string of the molecule is CCOC(=O)CC[C@@H](C(=O)OCC)N1C(=O)C2CN(Cc3ccccc3)CC2C1=O. The number of likely N-dealkylation sites (tertiary alicyclic amines) is 2. The minimum absolute atomic E-state index is 0.00230. The number of ether oxygens (including phenoxy) is 2. The summed E-state index contributed by atoms with van der Waals surface area (Å²) >= 11 is 0. The number of hydrogen-bond donors (Lipinski definition) is 0. The van der Waals surface area contributed by atoms with Gasteiger partial charge in [-0.25, -0.2) is 4.79 Å². The van der Waals surface area contributed by atoms with Crippen molar-refractivity contribution in [2.45, 2.75) is 39.3 Å². The highest BCUT2D eigenvalue weighted by molar-refractivity contribution is 6.08. The Morgan fingerprint density at radius 2 is 1.60 bits per heavy atom. The first-order chi connectivity index (χ1) is 14.5. The molecule has 0 bridgehead atoms. The van der Waals surface area contributed by atoms with E-state index >= 15 is 0 Å². The number of esters is 2. The van der Waals surface area contributed by atoms with Crippen LogP contribution in [0.1, 0.15) is 32.3 Å². The van der Waals surface area contributed by atoms with Crippen LogP contribution >= 0.6 is 0 Å². The zero-order valence-electron chi connectivity index (χ0n) is 17.4. The molecule has 2 unspecified atom stereocenters. The molecule has 2 saturated heterocycles. The van der Waals surface area contributed by atoms with Crippen LogP contribution in [0.2, 0.25) is 0 Å². The van der Waals surface area contributed by atoms with Crippen LogP contribution in [0.5, 0.6) is 0 Å². The first-order valence-corrected chi connectivity index (χ1v) is 10.4. The summed E-state index contributed by atoms with van der Waals surface area (Å²) in [6.07, 6.45) is -0.0633. The Balaban J connectivity index is 1.69. The van der Waals surface area contributed by atoms with Crippen LogP contribution in [0.3, 0.4) is 0 Å². The summed E-state index contributed by atoms with van der Waals surface area (Å²) in [6.45, 7) is 5.30. The summed E-state index contributed by atoms with van der Waals surface area (Å²) in [6, 6.07) is 8.78. The van der Waals surface area contributed by atoms with Crippen LogP contribution in [0, 0.1) is 11.8 Å². The van der Waals surface area contributed by atoms with Crippen molar-refractivity contribution in [1.82, 2.24) is 9.80 Å². The quantitative estimate of drug-likeness (QED) is 0.443. The largest absolute Gasteiger partial charge is 0.466 e. The molecule has 30 heavy (non-hydrogen) atoms. The molecule has 3 atom stereocenters.